The standard InChI is InChI=1S/C19H20BrNO3/c1-2-8-21-9-7-14-15(10-17(23)19(24)18(14)20)16(11-21)12-3-5-13(22)6-4-12/h2-6,10,16,22-24H,1,7-9,11H2. The summed E-state index contributed by atoms with van der Waals surface area (Å²) < 4.78 is 0.557. The van der Waals surface area contributed by atoms with Gasteiger partial charge in [-0.15, -0.1) is 6.58 Å². The molecule has 0 bridgehead atoms. The van der Waals surface area contributed by atoms with Crippen LogP contribution in [0.25, 0.3) is 0 Å². The molecule has 0 fully saturated rings. The minimum atomic E-state index is -0.124. The van der Waals surface area contributed by atoms with Crippen LogP contribution in [0.1, 0.15) is 22.6 Å². The maximum Gasteiger partial charge on any atom is 0.172 e. The summed E-state index contributed by atoms with van der Waals surface area (Å²) in [6.45, 7) is 6.22. The van der Waals surface area contributed by atoms with Crippen LogP contribution in [0.15, 0.2) is 47.5 Å². The molecule has 2 aromatic rings. The van der Waals surface area contributed by atoms with E-state index in [0.717, 1.165) is 42.7 Å². The zero-order valence-corrected chi connectivity index (χ0v) is 14.8. The van der Waals surface area contributed by atoms with Gasteiger partial charge in [-0.25, -0.2) is 0 Å². The lowest BCUT2D eigenvalue weighted by Gasteiger charge is -2.24. The smallest absolute Gasteiger partial charge is 0.172 e. The summed E-state index contributed by atoms with van der Waals surface area (Å²) in [6.07, 6.45) is 2.65. The Labute approximate surface area is 149 Å². The molecule has 24 heavy (non-hydrogen) atoms. The lowest BCUT2D eigenvalue weighted by Crippen LogP contribution is -2.28. The normalized spacial score (nSPS) is 18.0. The van der Waals surface area contributed by atoms with Crippen LogP contribution in [-0.2, 0) is 6.42 Å². The van der Waals surface area contributed by atoms with Crippen LogP contribution in [0.3, 0.4) is 0 Å². The van der Waals surface area contributed by atoms with Crippen molar-refractivity contribution in [2.75, 3.05) is 19.6 Å². The highest BCUT2D eigenvalue weighted by molar-refractivity contribution is 9.10. The lowest BCUT2D eigenvalue weighted by molar-refractivity contribution is 0.306. The Morgan fingerprint density at radius 3 is 2.58 bits per heavy atom. The Bertz CT molecular complexity index is 758. The molecule has 1 unspecified atom stereocenters. The third-order valence-corrected chi connectivity index (χ3v) is 5.39. The average Bonchev–Trinajstić information content (AvgIpc) is 2.74. The van der Waals surface area contributed by atoms with Crippen LogP contribution < -0.4 is 0 Å². The van der Waals surface area contributed by atoms with Gasteiger partial charge in [0.2, 0.25) is 0 Å². The number of hydrogen-bond acceptors (Lipinski definition) is 4. The fourth-order valence-electron chi connectivity index (χ4n) is 3.31. The van der Waals surface area contributed by atoms with Gasteiger partial charge in [0.15, 0.2) is 11.5 Å². The largest absolute Gasteiger partial charge is 0.508 e. The Morgan fingerprint density at radius 2 is 1.92 bits per heavy atom. The van der Waals surface area contributed by atoms with Crippen LogP contribution in [0, 0.1) is 0 Å². The number of rotatable bonds is 3. The number of hydrogen-bond donors (Lipinski definition) is 3. The van der Waals surface area contributed by atoms with Gasteiger partial charge in [-0.2, -0.15) is 0 Å². The van der Waals surface area contributed by atoms with Crippen molar-refractivity contribution in [1.29, 1.82) is 0 Å². The first-order chi connectivity index (χ1) is 11.5. The summed E-state index contributed by atoms with van der Waals surface area (Å²) in [5.41, 5.74) is 3.06. The average molecular weight is 390 g/mol. The number of halogens is 1. The number of aromatic hydroxyl groups is 3. The van der Waals surface area contributed by atoms with Crippen molar-refractivity contribution >= 4 is 15.9 Å². The fraction of sp³-hybridized carbons (Fsp3) is 0.263. The molecule has 5 heteroatoms. The molecule has 126 valence electrons. The van der Waals surface area contributed by atoms with E-state index >= 15 is 0 Å². The van der Waals surface area contributed by atoms with E-state index in [1.54, 1.807) is 18.2 Å². The Balaban J connectivity index is 2.13. The Kier molecular flexibility index (Phi) is 4.83. The predicted molar refractivity (Wildman–Crippen MR) is 97.8 cm³/mol. The first-order valence-electron chi connectivity index (χ1n) is 7.86. The summed E-state index contributed by atoms with van der Waals surface area (Å²) in [6, 6.07) is 8.81. The molecule has 1 atom stereocenters. The molecule has 1 aliphatic heterocycles. The molecule has 0 amide bonds. The van der Waals surface area contributed by atoms with Gasteiger partial charge < -0.3 is 15.3 Å². The van der Waals surface area contributed by atoms with Crippen LogP contribution in [0.5, 0.6) is 17.2 Å². The van der Waals surface area contributed by atoms with Crippen molar-refractivity contribution < 1.29 is 15.3 Å². The second kappa shape index (κ2) is 6.87. The molecule has 1 aliphatic rings. The molecule has 2 aromatic carbocycles. The van der Waals surface area contributed by atoms with Gasteiger partial charge in [0.05, 0.1) is 4.47 Å². The molecule has 3 N–H and O–H groups in total. The highest BCUT2D eigenvalue weighted by Crippen LogP contribution is 2.43. The minimum Gasteiger partial charge on any atom is -0.508 e. The molecular weight excluding hydrogens is 370 g/mol. The zero-order chi connectivity index (χ0) is 17.3. The van der Waals surface area contributed by atoms with Gasteiger partial charge in [-0.1, -0.05) is 18.2 Å². The minimum absolute atomic E-state index is 0.0332. The van der Waals surface area contributed by atoms with Crippen molar-refractivity contribution in [2.24, 2.45) is 0 Å². The zero-order valence-electron chi connectivity index (χ0n) is 13.2. The van der Waals surface area contributed by atoms with E-state index in [1.807, 2.05) is 18.2 Å². The summed E-state index contributed by atoms with van der Waals surface area (Å²) in [5.74, 6) is 0.0214. The summed E-state index contributed by atoms with van der Waals surface area (Å²) >= 11 is 3.43. The lowest BCUT2D eigenvalue weighted by atomic mass is 9.87. The highest BCUT2D eigenvalue weighted by atomic mass is 79.9. The molecule has 0 saturated heterocycles. The van der Waals surface area contributed by atoms with E-state index in [1.165, 1.54) is 0 Å². The third kappa shape index (κ3) is 3.14. The van der Waals surface area contributed by atoms with E-state index in [9.17, 15) is 15.3 Å². The number of nitrogens with zero attached hydrogens (tertiary/aromatic N) is 1. The first kappa shape index (κ1) is 16.9. The molecular formula is C19H20BrNO3. The molecule has 0 aliphatic carbocycles. The highest BCUT2D eigenvalue weighted by Gasteiger charge is 2.28. The van der Waals surface area contributed by atoms with Crippen LogP contribution in [0.2, 0.25) is 0 Å². The van der Waals surface area contributed by atoms with Gasteiger partial charge in [0.1, 0.15) is 5.75 Å². The quantitative estimate of drug-likeness (QED) is 0.552. The number of fused-ring (bicyclic) bond motifs is 1. The fourth-order valence-corrected chi connectivity index (χ4v) is 3.94. The number of benzene rings is 2. The Hall–Kier alpha value is -1.98. The van der Waals surface area contributed by atoms with E-state index in [0.29, 0.717) is 4.47 Å². The molecule has 0 radical (unpaired) electrons. The van der Waals surface area contributed by atoms with Crippen molar-refractivity contribution in [1.82, 2.24) is 4.90 Å². The van der Waals surface area contributed by atoms with Gasteiger partial charge in [0, 0.05) is 25.6 Å². The number of phenols is 3. The van der Waals surface area contributed by atoms with Gasteiger partial charge in [-0.3, -0.25) is 4.90 Å². The molecule has 4 nitrogen and oxygen atoms in total. The Morgan fingerprint density at radius 1 is 1.21 bits per heavy atom. The van der Waals surface area contributed by atoms with E-state index in [-0.39, 0.29) is 23.2 Å². The molecule has 1 heterocycles. The SMILES string of the molecule is C=CCN1CCc2c(cc(O)c(O)c2Br)C(c2ccc(O)cc2)C1. The van der Waals surface area contributed by atoms with Crippen LogP contribution in [-0.4, -0.2) is 39.9 Å². The van der Waals surface area contributed by atoms with Crippen LogP contribution >= 0.6 is 15.9 Å². The van der Waals surface area contributed by atoms with E-state index in [2.05, 4.69) is 27.4 Å². The second-order valence-corrected chi connectivity index (χ2v) is 6.86. The molecule has 0 aromatic heterocycles. The van der Waals surface area contributed by atoms with Gasteiger partial charge in [-0.05, 0) is 57.2 Å². The van der Waals surface area contributed by atoms with Crippen molar-refractivity contribution in [3.63, 3.8) is 0 Å². The monoisotopic (exact) mass is 389 g/mol. The summed E-state index contributed by atoms with van der Waals surface area (Å²) in [4.78, 5) is 2.30. The van der Waals surface area contributed by atoms with E-state index in [4.69, 9.17) is 0 Å². The first-order valence-corrected chi connectivity index (χ1v) is 8.66. The summed E-state index contributed by atoms with van der Waals surface area (Å²) in [7, 11) is 0. The predicted octanol–water partition coefficient (Wildman–Crippen LogP) is 3.74. The molecule has 0 saturated carbocycles. The van der Waals surface area contributed by atoms with E-state index < -0.39 is 0 Å². The molecule has 3 rings (SSSR count). The molecule has 0 spiro atoms. The van der Waals surface area contributed by atoms with Crippen molar-refractivity contribution in [3.05, 3.63) is 64.1 Å². The topological polar surface area (TPSA) is 63.9 Å². The van der Waals surface area contributed by atoms with Gasteiger partial charge in [0.25, 0.3) is 0 Å². The van der Waals surface area contributed by atoms with Crippen molar-refractivity contribution in [3.8, 4) is 17.2 Å². The second-order valence-electron chi connectivity index (χ2n) is 6.07. The summed E-state index contributed by atoms with van der Waals surface area (Å²) in [5, 5.41) is 29.7. The van der Waals surface area contributed by atoms with Crippen LogP contribution in [0.4, 0.5) is 0 Å². The number of phenolic OH excluding ortho intramolecular Hbond substituents is 3. The van der Waals surface area contributed by atoms with Gasteiger partial charge >= 0.3 is 0 Å². The third-order valence-electron chi connectivity index (χ3n) is 4.53. The maximum absolute atomic E-state index is 10.1. The van der Waals surface area contributed by atoms with Crippen molar-refractivity contribution in [2.45, 2.75) is 12.3 Å². The maximum atomic E-state index is 10.1.